The second-order valence-electron chi connectivity index (χ2n) is 4.85. The fraction of sp³-hybridized carbons (Fsp3) is 0.200. The number of benzene rings is 2. The van der Waals surface area contributed by atoms with Gasteiger partial charge >= 0.3 is 5.50 Å². The third-order valence-electron chi connectivity index (χ3n) is 3.26. The quantitative estimate of drug-likeness (QED) is 0.362. The van der Waals surface area contributed by atoms with E-state index in [1.165, 1.54) is 24.3 Å². The number of nitrogens with zero attached hydrogens (tertiary/aromatic N) is 1. The van der Waals surface area contributed by atoms with Gasteiger partial charge in [0, 0.05) is 4.92 Å². The summed E-state index contributed by atoms with van der Waals surface area (Å²) in [4.78, 5) is 10.3. The Labute approximate surface area is 133 Å². The smallest absolute Gasteiger partial charge is 0.263 e. The number of aryl methyl sites for hydroxylation is 1. The molecular weight excluding hydrogens is 326 g/mol. The minimum absolute atomic E-state index is 0.0134. The maximum Gasteiger partial charge on any atom is 0.307 e. The number of hydrogen-bond donors (Lipinski definition) is 0. The number of alkyl halides is 1. The summed E-state index contributed by atoms with van der Waals surface area (Å²) >= 11 is 5.80. The highest BCUT2D eigenvalue weighted by Gasteiger charge is 2.42. The summed E-state index contributed by atoms with van der Waals surface area (Å²) in [6, 6.07) is 14.1. The van der Waals surface area contributed by atoms with Gasteiger partial charge in [0.1, 0.15) is 0 Å². The Morgan fingerprint density at radius 2 is 1.59 bits per heavy atom. The summed E-state index contributed by atoms with van der Waals surface area (Å²) in [6.45, 7) is 1.83. The van der Waals surface area contributed by atoms with Crippen LogP contribution in [0.5, 0.6) is 0 Å². The highest BCUT2D eigenvalue weighted by Crippen LogP contribution is 2.34. The van der Waals surface area contributed by atoms with Gasteiger partial charge in [-0.3, -0.25) is 10.1 Å². The van der Waals surface area contributed by atoms with Crippen LogP contribution in [-0.2, 0) is 9.84 Å². The van der Waals surface area contributed by atoms with E-state index < -0.39 is 25.5 Å². The van der Waals surface area contributed by atoms with Crippen LogP contribution >= 0.6 is 11.6 Å². The molecule has 0 heterocycles. The molecule has 0 radical (unpaired) electrons. The monoisotopic (exact) mass is 339 g/mol. The molecule has 22 heavy (non-hydrogen) atoms. The molecule has 0 fully saturated rings. The summed E-state index contributed by atoms with van der Waals surface area (Å²) in [6.07, 6.45) is 0. The number of nitro groups is 1. The Balaban J connectivity index is 2.58. The second-order valence-corrected chi connectivity index (χ2v) is 7.36. The van der Waals surface area contributed by atoms with Gasteiger partial charge in [-0.1, -0.05) is 48.0 Å². The molecule has 0 aliphatic carbocycles. The Kier molecular flexibility index (Phi) is 4.83. The zero-order valence-corrected chi connectivity index (χ0v) is 13.3. The van der Waals surface area contributed by atoms with E-state index in [9.17, 15) is 18.5 Å². The van der Waals surface area contributed by atoms with E-state index in [0.717, 1.165) is 5.56 Å². The third-order valence-corrected chi connectivity index (χ3v) is 5.95. The summed E-state index contributed by atoms with van der Waals surface area (Å²) < 4.78 is 25.6. The van der Waals surface area contributed by atoms with Crippen molar-refractivity contribution in [3.63, 3.8) is 0 Å². The normalized spacial score (nSPS) is 14.3. The van der Waals surface area contributed by atoms with Crippen molar-refractivity contribution in [3.05, 3.63) is 75.8 Å². The minimum Gasteiger partial charge on any atom is -0.263 e. The Morgan fingerprint density at radius 1 is 1.05 bits per heavy atom. The van der Waals surface area contributed by atoms with Crippen molar-refractivity contribution in [1.82, 2.24) is 0 Å². The average molecular weight is 340 g/mol. The molecule has 7 heteroatoms. The lowest BCUT2D eigenvalue weighted by Crippen LogP contribution is -2.28. The van der Waals surface area contributed by atoms with Crippen LogP contribution in [0, 0.1) is 17.0 Å². The topological polar surface area (TPSA) is 77.3 Å². The van der Waals surface area contributed by atoms with E-state index >= 15 is 0 Å². The molecule has 0 aromatic heterocycles. The lowest BCUT2D eigenvalue weighted by Gasteiger charge is -2.18. The van der Waals surface area contributed by atoms with E-state index in [4.69, 9.17) is 11.6 Å². The first kappa shape index (κ1) is 16.5. The van der Waals surface area contributed by atoms with E-state index in [2.05, 4.69) is 0 Å². The van der Waals surface area contributed by atoms with Gasteiger partial charge in [0.05, 0.1) is 4.90 Å². The van der Waals surface area contributed by atoms with Crippen LogP contribution in [-0.4, -0.2) is 18.8 Å². The van der Waals surface area contributed by atoms with Crippen LogP contribution < -0.4 is 0 Å². The summed E-state index contributed by atoms with van der Waals surface area (Å²) in [5, 5.41) is 9.60. The van der Waals surface area contributed by atoms with Crippen LogP contribution in [0.25, 0.3) is 0 Å². The van der Waals surface area contributed by atoms with Crippen LogP contribution in [0.4, 0.5) is 0 Å². The van der Waals surface area contributed by atoms with Gasteiger partial charge in [-0.05, 0) is 36.2 Å². The standard InChI is InChI=1S/C15H14ClNO4S/c1-11-7-9-13(10-8-11)22(20,21)14(15(16)17(18)19)12-5-3-2-4-6-12/h2-10,14-15H,1H3. The van der Waals surface area contributed by atoms with Crippen LogP contribution in [0.15, 0.2) is 59.5 Å². The Morgan fingerprint density at radius 3 is 2.09 bits per heavy atom. The molecule has 0 saturated heterocycles. The molecule has 2 rings (SSSR count). The lowest BCUT2D eigenvalue weighted by molar-refractivity contribution is -0.498. The lowest BCUT2D eigenvalue weighted by atomic mass is 10.1. The van der Waals surface area contributed by atoms with Crippen LogP contribution in [0.2, 0.25) is 0 Å². The molecule has 2 unspecified atom stereocenters. The molecular formula is C15H14ClNO4S. The van der Waals surface area contributed by atoms with Gasteiger partial charge in [-0.25, -0.2) is 8.42 Å². The molecule has 0 saturated carbocycles. The first-order valence-corrected chi connectivity index (χ1v) is 8.45. The molecule has 116 valence electrons. The molecule has 0 aliphatic heterocycles. The first-order valence-electron chi connectivity index (χ1n) is 6.47. The van der Waals surface area contributed by atoms with Crippen molar-refractivity contribution in [3.8, 4) is 0 Å². The second kappa shape index (κ2) is 6.46. The maximum absolute atomic E-state index is 12.8. The first-order chi connectivity index (χ1) is 10.3. The van der Waals surface area contributed by atoms with Crippen molar-refractivity contribution in [2.45, 2.75) is 22.6 Å². The zero-order valence-electron chi connectivity index (χ0n) is 11.7. The fourth-order valence-corrected chi connectivity index (χ4v) is 4.38. The third kappa shape index (κ3) is 3.28. The van der Waals surface area contributed by atoms with Gasteiger partial charge in [-0.15, -0.1) is 0 Å². The SMILES string of the molecule is Cc1ccc(S(=O)(=O)C(c2ccccc2)C(Cl)[N+](=O)[O-])cc1. The number of hydrogen-bond acceptors (Lipinski definition) is 4. The number of halogens is 1. The Bertz CT molecular complexity index is 760. The number of rotatable bonds is 5. The molecule has 0 N–H and O–H groups in total. The molecule has 0 aliphatic rings. The van der Waals surface area contributed by atoms with Gasteiger partial charge < -0.3 is 0 Å². The minimum atomic E-state index is -3.99. The van der Waals surface area contributed by atoms with Crippen molar-refractivity contribution in [1.29, 1.82) is 0 Å². The molecule has 0 spiro atoms. The van der Waals surface area contributed by atoms with Gasteiger partial charge in [0.15, 0.2) is 15.1 Å². The van der Waals surface area contributed by atoms with Crippen LogP contribution in [0.1, 0.15) is 16.4 Å². The van der Waals surface area contributed by atoms with E-state index in [1.807, 2.05) is 6.92 Å². The molecule has 2 aromatic carbocycles. The fourth-order valence-electron chi connectivity index (χ4n) is 2.11. The molecule has 2 atom stereocenters. The van der Waals surface area contributed by atoms with Gasteiger partial charge in [-0.2, -0.15) is 0 Å². The maximum atomic E-state index is 12.8. The van der Waals surface area contributed by atoms with E-state index in [1.54, 1.807) is 30.3 Å². The molecule has 0 amide bonds. The number of sulfone groups is 1. The largest absolute Gasteiger partial charge is 0.307 e. The van der Waals surface area contributed by atoms with Crippen molar-refractivity contribution < 1.29 is 13.3 Å². The van der Waals surface area contributed by atoms with Gasteiger partial charge in [0.2, 0.25) is 0 Å². The molecule has 0 bridgehead atoms. The predicted molar refractivity (Wildman–Crippen MR) is 84.2 cm³/mol. The summed E-state index contributed by atoms with van der Waals surface area (Å²) in [5.74, 6) is 0. The van der Waals surface area contributed by atoms with E-state index in [0.29, 0.717) is 5.56 Å². The van der Waals surface area contributed by atoms with E-state index in [-0.39, 0.29) is 4.90 Å². The van der Waals surface area contributed by atoms with Gasteiger partial charge in [0.25, 0.3) is 0 Å². The van der Waals surface area contributed by atoms with Crippen molar-refractivity contribution in [2.75, 3.05) is 0 Å². The predicted octanol–water partition coefficient (Wildman–Crippen LogP) is 3.35. The highest BCUT2D eigenvalue weighted by atomic mass is 35.5. The van der Waals surface area contributed by atoms with Crippen molar-refractivity contribution in [2.24, 2.45) is 0 Å². The summed E-state index contributed by atoms with van der Waals surface area (Å²) in [5.41, 5.74) is -0.583. The Hall–Kier alpha value is -1.92. The zero-order chi connectivity index (χ0) is 16.3. The molecule has 2 aromatic rings. The van der Waals surface area contributed by atoms with Crippen molar-refractivity contribution >= 4 is 21.4 Å². The summed E-state index contributed by atoms with van der Waals surface area (Å²) in [7, 11) is -3.99. The van der Waals surface area contributed by atoms with Crippen LogP contribution in [0.3, 0.4) is 0 Å². The highest BCUT2D eigenvalue weighted by molar-refractivity contribution is 7.91. The average Bonchev–Trinajstić information content (AvgIpc) is 2.48. The molecule has 5 nitrogen and oxygen atoms in total.